The van der Waals surface area contributed by atoms with Crippen LogP contribution in [0.4, 0.5) is 5.69 Å². The largest absolute Gasteiger partial charge is 0.465 e. The molecular formula is C29H36BrClN2O5S. The number of alkyl halides is 1. The Hall–Kier alpha value is -1.81. The number of aliphatic hydroxyl groups is 1. The van der Waals surface area contributed by atoms with Crippen molar-refractivity contribution in [2.45, 2.75) is 59.9 Å². The van der Waals surface area contributed by atoms with Gasteiger partial charge in [0.15, 0.2) is 0 Å². The molecule has 7 nitrogen and oxygen atoms in total. The molecular weight excluding hydrogens is 604 g/mol. The molecule has 212 valence electrons. The fraction of sp³-hybridized carbons (Fsp3) is 0.552. The maximum Gasteiger partial charge on any atom is 0.310 e. The average Bonchev–Trinajstić information content (AvgIpc) is 3.49. The first-order chi connectivity index (χ1) is 18.7. The monoisotopic (exact) mass is 638 g/mol. The van der Waals surface area contributed by atoms with Crippen LogP contribution >= 0.6 is 39.3 Å². The quantitative estimate of drug-likeness (QED) is 0.143. The number of amides is 2. The summed E-state index contributed by atoms with van der Waals surface area (Å²) in [6.45, 7) is 10.3. The molecule has 1 spiro atoms. The van der Waals surface area contributed by atoms with Gasteiger partial charge in [0, 0.05) is 29.8 Å². The number of benzene rings is 1. The zero-order chi connectivity index (χ0) is 28.3. The zero-order valence-electron chi connectivity index (χ0n) is 22.2. The summed E-state index contributed by atoms with van der Waals surface area (Å²) in [7, 11) is 0. The molecule has 1 N–H and O–H groups in total. The second-order valence-electron chi connectivity index (χ2n) is 10.4. The van der Waals surface area contributed by atoms with Crippen LogP contribution in [-0.4, -0.2) is 75.0 Å². The Balaban J connectivity index is 1.76. The lowest BCUT2D eigenvalue weighted by atomic mass is 9.71. The number of carbonyl (C=O) groups is 3. The fourth-order valence-corrected chi connectivity index (χ4v) is 10.3. The second-order valence-corrected chi connectivity index (χ2v) is 13.5. The van der Waals surface area contributed by atoms with Crippen molar-refractivity contribution in [3.63, 3.8) is 0 Å². The number of carbonyl (C=O) groups excluding carboxylic acids is 3. The minimum Gasteiger partial charge on any atom is -0.465 e. The molecule has 1 aromatic carbocycles. The van der Waals surface area contributed by atoms with Crippen molar-refractivity contribution in [1.82, 2.24) is 4.90 Å². The number of esters is 1. The SMILES string of the molecule is C=CCCOC(=O)[C@H]1[C@@H]2SC3(CC2Br)C(C(=O)N(CC=C)c2c(C)cccc2Cl)N(CCCCCO)C(=O)[C@H]13. The Labute approximate surface area is 248 Å². The van der Waals surface area contributed by atoms with Gasteiger partial charge in [0.2, 0.25) is 5.91 Å². The van der Waals surface area contributed by atoms with Gasteiger partial charge in [-0.05, 0) is 50.7 Å². The van der Waals surface area contributed by atoms with Crippen LogP contribution in [-0.2, 0) is 19.1 Å². The van der Waals surface area contributed by atoms with Gasteiger partial charge in [0.1, 0.15) is 6.04 Å². The fourth-order valence-electron chi connectivity index (χ4n) is 6.36. The predicted molar refractivity (Wildman–Crippen MR) is 159 cm³/mol. The molecule has 3 aliphatic rings. The molecule has 0 aromatic heterocycles. The molecule has 0 aliphatic carbocycles. The molecule has 4 rings (SSSR count). The van der Waals surface area contributed by atoms with Crippen molar-refractivity contribution in [3.8, 4) is 0 Å². The number of halogens is 2. The first kappa shape index (κ1) is 30.2. The summed E-state index contributed by atoms with van der Waals surface area (Å²) in [5.74, 6) is -2.08. The van der Waals surface area contributed by atoms with E-state index in [1.807, 2.05) is 19.1 Å². The van der Waals surface area contributed by atoms with Gasteiger partial charge in [-0.1, -0.05) is 51.8 Å². The van der Waals surface area contributed by atoms with E-state index in [-0.39, 0.29) is 41.6 Å². The number of fused-ring (bicyclic) bond motifs is 1. The maximum absolute atomic E-state index is 14.6. The molecule has 39 heavy (non-hydrogen) atoms. The number of rotatable bonds is 13. The molecule has 0 radical (unpaired) electrons. The van der Waals surface area contributed by atoms with Crippen molar-refractivity contribution < 1.29 is 24.2 Å². The highest BCUT2D eigenvalue weighted by Crippen LogP contribution is 2.68. The number of hydrogen-bond donors (Lipinski definition) is 1. The number of ether oxygens (including phenoxy) is 1. The third kappa shape index (κ3) is 5.44. The molecule has 2 amide bonds. The molecule has 0 saturated carbocycles. The van der Waals surface area contributed by atoms with Gasteiger partial charge in [-0.25, -0.2) is 0 Å². The summed E-state index contributed by atoms with van der Waals surface area (Å²) < 4.78 is 4.81. The highest BCUT2D eigenvalue weighted by atomic mass is 79.9. The summed E-state index contributed by atoms with van der Waals surface area (Å²) in [5, 5.41) is 9.54. The Morgan fingerprint density at radius 1 is 1.31 bits per heavy atom. The third-order valence-electron chi connectivity index (χ3n) is 7.95. The Morgan fingerprint density at radius 3 is 2.74 bits per heavy atom. The molecule has 3 heterocycles. The van der Waals surface area contributed by atoms with Crippen LogP contribution < -0.4 is 4.90 Å². The van der Waals surface area contributed by atoms with E-state index in [0.717, 1.165) is 12.0 Å². The maximum atomic E-state index is 14.6. The Bertz CT molecular complexity index is 1110. The van der Waals surface area contributed by atoms with Gasteiger partial charge in [-0.2, -0.15) is 0 Å². The number of likely N-dealkylation sites (tertiary alicyclic amines) is 1. The molecule has 1 aromatic rings. The number of anilines is 1. The van der Waals surface area contributed by atoms with E-state index in [4.69, 9.17) is 16.3 Å². The van der Waals surface area contributed by atoms with Gasteiger partial charge in [0.25, 0.3) is 5.91 Å². The highest BCUT2D eigenvalue weighted by molar-refractivity contribution is 9.09. The number of nitrogens with zero attached hydrogens (tertiary/aromatic N) is 2. The van der Waals surface area contributed by atoms with Crippen LogP contribution in [0.15, 0.2) is 43.5 Å². The van der Waals surface area contributed by atoms with Crippen molar-refractivity contribution >= 4 is 62.8 Å². The second kappa shape index (κ2) is 12.8. The van der Waals surface area contributed by atoms with Crippen molar-refractivity contribution in [2.75, 3.05) is 31.2 Å². The van der Waals surface area contributed by atoms with Gasteiger partial charge in [-0.3, -0.25) is 14.4 Å². The number of hydrogen-bond acceptors (Lipinski definition) is 6. The van der Waals surface area contributed by atoms with Gasteiger partial charge >= 0.3 is 5.97 Å². The minimum atomic E-state index is -0.777. The summed E-state index contributed by atoms with van der Waals surface area (Å²) in [5.41, 5.74) is 1.45. The first-order valence-corrected chi connectivity index (χ1v) is 15.6. The van der Waals surface area contributed by atoms with Crippen LogP contribution in [0, 0.1) is 18.8 Å². The number of aryl methyl sites for hydroxylation is 1. The lowest BCUT2D eigenvalue weighted by molar-refractivity contribution is -0.154. The minimum absolute atomic E-state index is 0.0388. The summed E-state index contributed by atoms with van der Waals surface area (Å²) >= 11 is 12.0. The number of para-hydroxylation sites is 1. The first-order valence-electron chi connectivity index (χ1n) is 13.4. The van der Waals surface area contributed by atoms with Gasteiger partial charge < -0.3 is 19.6 Å². The standard InChI is InChI=1S/C29H36BrClN2O5S/c1-4-6-16-38-28(37)21-22-26(35)33(14-8-7-9-15-34)25(29(22)17-19(30)24(21)39-29)27(36)32(13-5-2)23-18(3)11-10-12-20(23)31/h4-5,10-12,19,21-22,24-25,34H,1-2,6-9,13-17H2,3H3/t19?,21-,22+,24-,25?,29?/m1/s1. The van der Waals surface area contributed by atoms with Crippen LogP contribution in [0.25, 0.3) is 0 Å². The lowest BCUT2D eigenvalue weighted by Crippen LogP contribution is -2.55. The Kier molecular flexibility index (Phi) is 9.89. The Morgan fingerprint density at radius 2 is 2.08 bits per heavy atom. The summed E-state index contributed by atoms with van der Waals surface area (Å²) in [6, 6.07) is 4.71. The van der Waals surface area contributed by atoms with Crippen LogP contribution in [0.3, 0.4) is 0 Å². The molecule has 3 saturated heterocycles. The molecule has 3 aliphatic heterocycles. The smallest absolute Gasteiger partial charge is 0.310 e. The average molecular weight is 640 g/mol. The van der Waals surface area contributed by atoms with Crippen molar-refractivity contribution in [3.05, 3.63) is 54.1 Å². The van der Waals surface area contributed by atoms with Gasteiger partial charge in [0.05, 0.1) is 33.9 Å². The topological polar surface area (TPSA) is 87.2 Å². The van der Waals surface area contributed by atoms with E-state index >= 15 is 0 Å². The zero-order valence-corrected chi connectivity index (χ0v) is 25.3. The number of unbranched alkanes of at least 4 members (excludes halogenated alkanes) is 2. The van der Waals surface area contributed by atoms with Crippen LogP contribution in [0.1, 0.15) is 37.7 Å². The van der Waals surface area contributed by atoms with E-state index in [1.54, 1.807) is 39.8 Å². The summed E-state index contributed by atoms with van der Waals surface area (Å²) in [6.07, 6.45) is 6.45. The van der Waals surface area contributed by atoms with Crippen LogP contribution in [0.5, 0.6) is 0 Å². The van der Waals surface area contributed by atoms with E-state index in [0.29, 0.717) is 42.9 Å². The van der Waals surface area contributed by atoms with Crippen molar-refractivity contribution in [2.24, 2.45) is 11.8 Å². The molecule has 3 unspecified atom stereocenters. The van der Waals surface area contributed by atoms with E-state index in [1.165, 1.54) is 0 Å². The molecule has 2 bridgehead atoms. The van der Waals surface area contributed by atoms with E-state index in [2.05, 4.69) is 29.1 Å². The molecule has 6 atom stereocenters. The third-order valence-corrected chi connectivity index (χ3v) is 11.5. The van der Waals surface area contributed by atoms with Gasteiger partial charge in [-0.15, -0.1) is 24.9 Å². The predicted octanol–water partition coefficient (Wildman–Crippen LogP) is 4.91. The summed E-state index contributed by atoms with van der Waals surface area (Å²) in [4.78, 5) is 45.4. The van der Waals surface area contributed by atoms with Crippen molar-refractivity contribution in [1.29, 1.82) is 0 Å². The molecule has 3 fully saturated rings. The normalized spacial score (nSPS) is 28.9. The molecule has 10 heteroatoms. The van der Waals surface area contributed by atoms with E-state index < -0.39 is 28.6 Å². The number of thioether (sulfide) groups is 1. The van der Waals surface area contributed by atoms with Crippen LogP contribution in [0.2, 0.25) is 5.02 Å². The number of aliphatic hydroxyl groups excluding tert-OH is 1. The highest BCUT2D eigenvalue weighted by Gasteiger charge is 2.76. The van der Waals surface area contributed by atoms with E-state index in [9.17, 15) is 19.5 Å². The lowest BCUT2D eigenvalue weighted by Gasteiger charge is -2.38.